The average molecular weight is 341 g/mol. The summed E-state index contributed by atoms with van der Waals surface area (Å²) in [5.41, 5.74) is 2.10. The largest absolute Gasteiger partial charge is 0.372 e. The lowest BCUT2D eigenvalue weighted by molar-refractivity contribution is 0.866. The van der Waals surface area contributed by atoms with Crippen molar-refractivity contribution in [3.05, 3.63) is 52.1 Å². The monoisotopic (exact) mass is 341 g/mol. The minimum Gasteiger partial charge on any atom is -0.372 e. The Hall–Kier alpha value is -2.67. The van der Waals surface area contributed by atoms with Gasteiger partial charge in [0, 0.05) is 24.5 Å². The topological polar surface area (TPSA) is 73.9 Å². The van der Waals surface area contributed by atoms with Gasteiger partial charge in [-0.1, -0.05) is 6.07 Å². The normalized spacial score (nSPS) is 10.6. The first-order valence-electron chi connectivity index (χ1n) is 7.84. The highest BCUT2D eigenvalue weighted by atomic mass is 32.1. The Morgan fingerprint density at radius 2 is 1.88 bits per heavy atom. The summed E-state index contributed by atoms with van der Waals surface area (Å²) < 4.78 is 0. The third-order valence-electron chi connectivity index (χ3n) is 3.71. The average Bonchev–Trinajstić information content (AvgIpc) is 3.12. The first-order chi connectivity index (χ1) is 11.7. The molecule has 0 aliphatic carbocycles. The van der Waals surface area contributed by atoms with Gasteiger partial charge in [0.25, 0.3) is 5.56 Å². The zero-order valence-electron chi connectivity index (χ0n) is 13.6. The molecule has 2 N–H and O–H groups in total. The van der Waals surface area contributed by atoms with Crippen LogP contribution in [0.2, 0.25) is 0 Å². The fraction of sp³-hybridized carbons (Fsp3) is 0.235. The fourth-order valence-corrected chi connectivity index (χ4v) is 3.15. The maximum Gasteiger partial charge on any atom is 0.280 e. The molecule has 24 heavy (non-hydrogen) atoms. The van der Waals surface area contributed by atoms with Crippen LogP contribution in [0.15, 0.2) is 46.6 Å². The molecule has 0 aliphatic rings. The lowest BCUT2D eigenvalue weighted by atomic mass is 10.2. The molecule has 2 aromatic heterocycles. The van der Waals surface area contributed by atoms with Crippen LogP contribution < -0.4 is 15.8 Å². The number of rotatable bonds is 6. The molecule has 0 bridgehead atoms. The van der Waals surface area contributed by atoms with E-state index in [0.717, 1.165) is 29.3 Å². The second-order valence-corrected chi connectivity index (χ2v) is 6.12. The lowest BCUT2D eigenvalue weighted by Crippen LogP contribution is -2.21. The zero-order valence-corrected chi connectivity index (χ0v) is 14.4. The standard InChI is InChI=1S/C17H19N5OS/c1-3-22(4-2)13-9-7-12(8-10-13)18-17-19-16(23)15(20-21-17)14-6-5-11-24-14/h5-11H,3-4H2,1-2H3,(H2,18,19,21,23). The minimum absolute atomic E-state index is 0.255. The quantitative estimate of drug-likeness (QED) is 0.718. The van der Waals surface area contributed by atoms with E-state index < -0.39 is 0 Å². The van der Waals surface area contributed by atoms with Crippen molar-refractivity contribution in [1.29, 1.82) is 0 Å². The Labute approximate surface area is 144 Å². The number of anilines is 3. The second kappa shape index (κ2) is 7.27. The van der Waals surface area contributed by atoms with Crippen molar-refractivity contribution < 1.29 is 0 Å². The van der Waals surface area contributed by atoms with Gasteiger partial charge >= 0.3 is 0 Å². The van der Waals surface area contributed by atoms with Gasteiger partial charge in [-0.15, -0.1) is 21.5 Å². The van der Waals surface area contributed by atoms with Crippen LogP contribution in [0.4, 0.5) is 17.3 Å². The third kappa shape index (κ3) is 3.46. The minimum atomic E-state index is -0.255. The van der Waals surface area contributed by atoms with E-state index in [2.05, 4.69) is 39.2 Å². The fourth-order valence-electron chi connectivity index (χ4n) is 2.45. The van der Waals surface area contributed by atoms with E-state index in [-0.39, 0.29) is 5.56 Å². The van der Waals surface area contributed by atoms with Gasteiger partial charge < -0.3 is 10.2 Å². The highest BCUT2D eigenvalue weighted by Gasteiger charge is 2.08. The Morgan fingerprint density at radius 1 is 1.12 bits per heavy atom. The summed E-state index contributed by atoms with van der Waals surface area (Å²) in [5.74, 6) is 0.330. The van der Waals surface area contributed by atoms with Crippen molar-refractivity contribution >= 4 is 28.7 Å². The van der Waals surface area contributed by atoms with Crippen LogP contribution in [0.25, 0.3) is 10.6 Å². The van der Waals surface area contributed by atoms with Crippen LogP contribution in [0.5, 0.6) is 0 Å². The molecule has 0 spiro atoms. The number of H-pyrrole nitrogens is 1. The summed E-state index contributed by atoms with van der Waals surface area (Å²) in [6.45, 7) is 6.19. The number of nitrogens with one attached hydrogen (secondary N) is 2. The zero-order chi connectivity index (χ0) is 16.9. The van der Waals surface area contributed by atoms with Gasteiger partial charge in [0.1, 0.15) is 0 Å². The number of thiophene rings is 1. The number of nitrogens with zero attached hydrogens (tertiary/aromatic N) is 3. The van der Waals surface area contributed by atoms with Crippen LogP contribution >= 0.6 is 11.3 Å². The maximum atomic E-state index is 12.2. The highest BCUT2D eigenvalue weighted by molar-refractivity contribution is 7.13. The van der Waals surface area contributed by atoms with Crippen LogP contribution in [-0.2, 0) is 0 Å². The number of hydrogen-bond acceptors (Lipinski definition) is 6. The molecule has 124 valence electrons. The molecular weight excluding hydrogens is 322 g/mol. The molecule has 0 amide bonds. The van der Waals surface area contributed by atoms with E-state index >= 15 is 0 Å². The third-order valence-corrected chi connectivity index (χ3v) is 4.59. The molecule has 1 aromatic carbocycles. The molecule has 0 saturated heterocycles. The maximum absolute atomic E-state index is 12.2. The van der Waals surface area contributed by atoms with Gasteiger partial charge in [0.15, 0.2) is 5.69 Å². The van der Waals surface area contributed by atoms with Crippen molar-refractivity contribution in [3.8, 4) is 10.6 Å². The van der Waals surface area contributed by atoms with E-state index in [0.29, 0.717) is 11.6 Å². The Bertz CT molecular complexity index is 838. The van der Waals surface area contributed by atoms with Crippen LogP contribution in [0, 0.1) is 0 Å². The molecule has 0 radical (unpaired) electrons. The number of benzene rings is 1. The molecule has 0 aliphatic heterocycles. The van der Waals surface area contributed by atoms with Gasteiger partial charge in [-0.05, 0) is 49.6 Å². The predicted molar refractivity (Wildman–Crippen MR) is 99.3 cm³/mol. The molecule has 0 saturated carbocycles. The van der Waals surface area contributed by atoms with Crippen molar-refractivity contribution in [2.45, 2.75) is 13.8 Å². The molecular formula is C17H19N5OS. The molecule has 3 rings (SSSR count). The number of hydrogen-bond donors (Lipinski definition) is 2. The molecule has 6 nitrogen and oxygen atoms in total. The molecule has 0 fully saturated rings. The van der Waals surface area contributed by atoms with E-state index in [9.17, 15) is 4.79 Å². The second-order valence-electron chi connectivity index (χ2n) is 5.17. The molecule has 0 atom stereocenters. The van der Waals surface area contributed by atoms with Crippen LogP contribution in [0.1, 0.15) is 13.8 Å². The molecule has 2 heterocycles. The van der Waals surface area contributed by atoms with Crippen molar-refractivity contribution in [1.82, 2.24) is 15.2 Å². The predicted octanol–water partition coefficient (Wildman–Crippen LogP) is 3.48. The van der Waals surface area contributed by atoms with Crippen molar-refractivity contribution in [2.75, 3.05) is 23.3 Å². The Balaban J connectivity index is 1.77. The van der Waals surface area contributed by atoms with Crippen LogP contribution in [-0.4, -0.2) is 28.3 Å². The summed E-state index contributed by atoms with van der Waals surface area (Å²) in [4.78, 5) is 17.9. The van der Waals surface area contributed by atoms with Gasteiger partial charge in [-0.25, -0.2) is 0 Å². The van der Waals surface area contributed by atoms with E-state index in [1.807, 2.05) is 41.8 Å². The Morgan fingerprint density at radius 3 is 2.46 bits per heavy atom. The summed E-state index contributed by atoms with van der Waals surface area (Å²) in [6.07, 6.45) is 0. The molecule has 3 aromatic rings. The van der Waals surface area contributed by atoms with Crippen molar-refractivity contribution in [2.24, 2.45) is 0 Å². The van der Waals surface area contributed by atoms with Crippen LogP contribution in [0.3, 0.4) is 0 Å². The van der Waals surface area contributed by atoms with E-state index in [1.165, 1.54) is 11.3 Å². The SMILES string of the molecule is CCN(CC)c1ccc(Nc2nnc(-c3cccs3)c(=O)[nH]2)cc1. The molecule has 7 heteroatoms. The lowest BCUT2D eigenvalue weighted by Gasteiger charge is -2.21. The molecule has 0 unspecified atom stereocenters. The van der Waals surface area contributed by atoms with E-state index in [1.54, 1.807) is 0 Å². The summed E-state index contributed by atoms with van der Waals surface area (Å²) in [6, 6.07) is 11.7. The summed E-state index contributed by atoms with van der Waals surface area (Å²) >= 11 is 1.46. The van der Waals surface area contributed by atoms with Crippen molar-refractivity contribution in [3.63, 3.8) is 0 Å². The van der Waals surface area contributed by atoms with Gasteiger partial charge in [-0.3, -0.25) is 9.78 Å². The Kier molecular flexibility index (Phi) is 4.90. The van der Waals surface area contributed by atoms with Gasteiger partial charge in [0.05, 0.1) is 4.88 Å². The first kappa shape index (κ1) is 16.2. The van der Waals surface area contributed by atoms with Gasteiger partial charge in [-0.2, -0.15) is 0 Å². The first-order valence-corrected chi connectivity index (χ1v) is 8.72. The highest BCUT2D eigenvalue weighted by Crippen LogP contribution is 2.21. The smallest absolute Gasteiger partial charge is 0.280 e. The summed E-state index contributed by atoms with van der Waals surface area (Å²) in [5, 5.41) is 13.1. The number of aromatic amines is 1. The summed E-state index contributed by atoms with van der Waals surface area (Å²) in [7, 11) is 0. The van der Waals surface area contributed by atoms with Gasteiger partial charge in [0.2, 0.25) is 5.95 Å². The number of aromatic nitrogens is 3. The van der Waals surface area contributed by atoms with E-state index in [4.69, 9.17) is 0 Å².